The third-order valence-corrected chi connectivity index (χ3v) is 3.78. The molecule has 0 aliphatic heterocycles. The predicted octanol–water partition coefficient (Wildman–Crippen LogP) is 4.20. The average molecular weight is 298 g/mol. The Morgan fingerprint density at radius 1 is 1.23 bits per heavy atom. The maximum absolute atomic E-state index is 12.5. The summed E-state index contributed by atoms with van der Waals surface area (Å²) in [6.07, 6.45) is 3.01. The molecule has 0 unspecified atom stereocenters. The van der Waals surface area contributed by atoms with Gasteiger partial charge in [-0.25, -0.2) is 0 Å². The number of nitrogens with zero attached hydrogens (tertiary/aromatic N) is 1. The van der Waals surface area contributed by atoms with Crippen LogP contribution in [0, 0.1) is 6.92 Å². The molecule has 0 fully saturated rings. The van der Waals surface area contributed by atoms with Crippen molar-refractivity contribution in [1.29, 1.82) is 0 Å². The van der Waals surface area contributed by atoms with Gasteiger partial charge in [0, 0.05) is 22.7 Å². The molecule has 1 aromatic heterocycles. The molecule has 3 nitrogen and oxygen atoms in total. The van der Waals surface area contributed by atoms with Gasteiger partial charge in [-0.05, 0) is 62.9 Å². The van der Waals surface area contributed by atoms with Crippen LogP contribution in [0.15, 0.2) is 18.2 Å². The molecular weight excluding hydrogens is 272 g/mol. The molecular formula is C19H26N2O. The highest BCUT2D eigenvalue weighted by Crippen LogP contribution is 2.24. The summed E-state index contributed by atoms with van der Waals surface area (Å²) < 4.78 is 0. The second-order valence-electron chi connectivity index (χ2n) is 6.21. The summed E-state index contributed by atoms with van der Waals surface area (Å²) in [5.74, 6) is -0.0178. The van der Waals surface area contributed by atoms with Crippen molar-refractivity contribution < 1.29 is 4.79 Å². The van der Waals surface area contributed by atoms with Crippen molar-refractivity contribution in [1.82, 2.24) is 10.3 Å². The van der Waals surface area contributed by atoms with E-state index < -0.39 is 0 Å². The fourth-order valence-corrected chi connectivity index (χ4v) is 2.78. The standard InChI is InChI=1S/C19H26N2O/c1-6-8-17-14(7-2)11-15-16(19(22)20-12(3)4)9-13(5)10-18(15)21-17/h9-12H,6-8H2,1-5H3,(H,20,22). The maximum atomic E-state index is 12.5. The molecule has 2 rings (SSSR count). The van der Waals surface area contributed by atoms with Crippen molar-refractivity contribution in [2.24, 2.45) is 0 Å². The Kier molecular flexibility index (Phi) is 5.17. The van der Waals surface area contributed by atoms with E-state index >= 15 is 0 Å². The van der Waals surface area contributed by atoms with E-state index in [1.807, 2.05) is 26.8 Å². The Morgan fingerprint density at radius 2 is 1.95 bits per heavy atom. The van der Waals surface area contributed by atoms with E-state index in [0.717, 1.165) is 41.3 Å². The van der Waals surface area contributed by atoms with Gasteiger partial charge in [-0.2, -0.15) is 0 Å². The van der Waals surface area contributed by atoms with Gasteiger partial charge in [0.1, 0.15) is 0 Å². The number of amides is 1. The van der Waals surface area contributed by atoms with Crippen molar-refractivity contribution in [3.8, 4) is 0 Å². The molecule has 0 atom stereocenters. The first-order chi connectivity index (χ1) is 10.5. The van der Waals surface area contributed by atoms with Crippen molar-refractivity contribution in [2.75, 3.05) is 0 Å². The number of carbonyl (C=O) groups is 1. The Balaban J connectivity index is 2.64. The summed E-state index contributed by atoms with van der Waals surface area (Å²) in [7, 11) is 0. The number of aryl methyl sites for hydroxylation is 3. The Bertz CT molecular complexity index is 689. The number of nitrogens with one attached hydrogen (secondary N) is 1. The largest absolute Gasteiger partial charge is 0.350 e. The molecule has 0 aliphatic carbocycles. The molecule has 22 heavy (non-hydrogen) atoms. The average Bonchev–Trinajstić information content (AvgIpc) is 2.45. The van der Waals surface area contributed by atoms with Crippen LogP contribution >= 0.6 is 0 Å². The van der Waals surface area contributed by atoms with Crippen LogP contribution in [0.25, 0.3) is 10.9 Å². The first-order valence-corrected chi connectivity index (χ1v) is 8.20. The first-order valence-electron chi connectivity index (χ1n) is 8.20. The predicted molar refractivity (Wildman–Crippen MR) is 92.5 cm³/mol. The smallest absolute Gasteiger partial charge is 0.252 e. The SMILES string of the molecule is CCCc1nc2cc(C)cc(C(=O)NC(C)C)c2cc1CC. The number of pyridine rings is 1. The normalized spacial score (nSPS) is 11.2. The zero-order valence-corrected chi connectivity index (χ0v) is 14.3. The van der Waals surface area contributed by atoms with E-state index in [-0.39, 0.29) is 11.9 Å². The summed E-state index contributed by atoms with van der Waals surface area (Å²) >= 11 is 0. The highest BCUT2D eigenvalue weighted by Gasteiger charge is 2.15. The Labute approximate surface area is 133 Å². The number of hydrogen-bond acceptors (Lipinski definition) is 2. The molecule has 1 aromatic carbocycles. The van der Waals surface area contributed by atoms with Gasteiger partial charge in [0.25, 0.3) is 5.91 Å². The van der Waals surface area contributed by atoms with Crippen molar-refractivity contribution in [2.45, 2.75) is 59.9 Å². The number of rotatable bonds is 5. The molecule has 3 heteroatoms. The lowest BCUT2D eigenvalue weighted by Gasteiger charge is -2.14. The number of carbonyl (C=O) groups excluding carboxylic acids is 1. The van der Waals surface area contributed by atoms with Gasteiger partial charge >= 0.3 is 0 Å². The van der Waals surface area contributed by atoms with Gasteiger partial charge in [-0.1, -0.05) is 20.3 Å². The van der Waals surface area contributed by atoms with E-state index in [1.54, 1.807) is 0 Å². The monoisotopic (exact) mass is 298 g/mol. The molecule has 0 bridgehead atoms. The van der Waals surface area contributed by atoms with Crippen LogP contribution in [-0.2, 0) is 12.8 Å². The fraction of sp³-hybridized carbons (Fsp3) is 0.474. The number of benzene rings is 1. The number of hydrogen-bond donors (Lipinski definition) is 1. The molecule has 0 saturated heterocycles. The summed E-state index contributed by atoms with van der Waals surface area (Å²) in [6.45, 7) is 10.3. The van der Waals surface area contributed by atoms with Gasteiger partial charge in [-0.3, -0.25) is 9.78 Å². The van der Waals surface area contributed by atoms with Crippen LogP contribution in [0.2, 0.25) is 0 Å². The fourth-order valence-electron chi connectivity index (χ4n) is 2.78. The minimum absolute atomic E-state index is 0.0178. The summed E-state index contributed by atoms with van der Waals surface area (Å²) in [6, 6.07) is 6.31. The second kappa shape index (κ2) is 6.91. The molecule has 1 N–H and O–H groups in total. The number of fused-ring (bicyclic) bond motifs is 1. The number of aromatic nitrogens is 1. The van der Waals surface area contributed by atoms with Gasteiger partial charge in [0.05, 0.1) is 5.52 Å². The first kappa shape index (κ1) is 16.5. The Hall–Kier alpha value is -1.90. The topological polar surface area (TPSA) is 42.0 Å². The van der Waals surface area contributed by atoms with Gasteiger partial charge in [0.2, 0.25) is 0 Å². The molecule has 2 aromatic rings. The van der Waals surface area contributed by atoms with Crippen LogP contribution in [0.3, 0.4) is 0 Å². The van der Waals surface area contributed by atoms with Crippen LogP contribution in [-0.4, -0.2) is 16.9 Å². The van der Waals surface area contributed by atoms with Crippen LogP contribution in [0.1, 0.15) is 61.3 Å². The van der Waals surface area contributed by atoms with E-state index in [9.17, 15) is 4.79 Å². The van der Waals surface area contributed by atoms with Gasteiger partial charge in [0.15, 0.2) is 0 Å². The minimum atomic E-state index is -0.0178. The quantitative estimate of drug-likeness (QED) is 0.899. The lowest BCUT2D eigenvalue weighted by Crippen LogP contribution is -2.30. The molecule has 0 aliphatic rings. The summed E-state index contributed by atoms with van der Waals surface area (Å²) in [5.41, 5.74) is 5.14. The lowest BCUT2D eigenvalue weighted by molar-refractivity contribution is 0.0944. The third kappa shape index (κ3) is 3.46. The maximum Gasteiger partial charge on any atom is 0.252 e. The van der Waals surface area contributed by atoms with E-state index in [1.165, 1.54) is 11.3 Å². The highest BCUT2D eigenvalue weighted by molar-refractivity contribution is 6.06. The van der Waals surface area contributed by atoms with Crippen LogP contribution in [0.4, 0.5) is 0 Å². The van der Waals surface area contributed by atoms with Crippen molar-refractivity contribution in [3.63, 3.8) is 0 Å². The van der Waals surface area contributed by atoms with E-state index in [2.05, 4.69) is 31.3 Å². The minimum Gasteiger partial charge on any atom is -0.350 e. The molecule has 118 valence electrons. The summed E-state index contributed by atoms with van der Waals surface area (Å²) in [5, 5.41) is 3.95. The Morgan fingerprint density at radius 3 is 2.55 bits per heavy atom. The van der Waals surface area contributed by atoms with Crippen LogP contribution < -0.4 is 5.32 Å². The molecule has 1 heterocycles. The zero-order valence-electron chi connectivity index (χ0n) is 14.3. The highest BCUT2D eigenvalue weighted by atomic mass is 16.1. The zero-order chi connectivity index (χ0) is 16.3. The molecule has 0 spiro atoms. The van der Waals surface area contributed by atoms with E-state index in [0.29, 0.717) is 0 Å². The van der Waals surface area contributed by atoms with Crippen LogP contribution in [0.5, 0.6) is 0 Å². The summed E-state index contributed by atoms with van der Waals surface area (Å²) in [4.78, 5) is 17.3. The van der Waals surface area contributed by atoms with Gasteiger partial charge in [-0.15, -0.1) is 0 Å². The molecule has 0 saturated carbocycles. The van der Waals surface area contributed by atoms with E-state index in [4.69, 9.17) is 4.98 Å². The molecule has 0 radical (unpaired) electrons. The van der Waals surface area contributed by atoms with Gasteiger partial charge < -0.3 is 5.32 Å². The van der Waals surface area contributed by atoms with Crippen molar-refractivity contribution >= 4 is 16.8 Å². The van der Waals surface area contributed by atoms with Crippen molar-refractivity contribution in [3.05, 3.63) is 40.6 Å². The molecule has 1 amide bonds. The third-order valence-electron chi connectivity index (χ3n) is 3.78. The second-order valence-corrected chi connectivity index (χ2v) is 6.21. The lowest BCUT2D eigenvalue weighted by atomic mass is 9.99.